The van der Waals surface area contributed by atoms with Crippen molar-refractivity contribution in [3.05, 3.63) is 69.3 Å². The van der Waals surface area contributed by atoms with E-state index in [4.69, 9.17) is 16.7 Å². The molecule has 1 aromatic carbocycles. The fourth-order valence-corrected chi connectivity index (χ4v) is 6.14. The van der Waals surface area contributed by atoms with Crippen LogP contribution in [0.4, 0.5) is 0 Å². The topological polar surface area (TPSA) is 64.0 Å². The lowest BCUT2D eigenvalue weighted by Crippen LogP contribution is -2.42. The van der Waals surface area contributed by atoms with Crippen LogP contribution in [0.25, 0.3) is 5.69 Å². The Hall–Kier alpha value is -2.66. The highest BCUT2D eigenvalue weighted by Gasteiger charge is 2.47. The first-order chi connectivity index (χ1) is 15.5. The molecule has 5 rings (SSSR count). The molecular formula is C27H30ClN3O2. The molecular weight excluding hydrogens is 434 g/mol. The van der Waals surface area contributed by atoms with Crippen LogP contribution in [0.15, 0.2) is 52.9 Å². The van der Waals surface area contributed by atoms with E-state index in [1.54, 1.807) is 4.68 Å². The molecule has 1 N–H and O–H groups in total. The molecule has 0 atom stereocenters. The van der Waals surface area contributed by atoms with Gasteiger partial charge < -0.3 is 5.32 Å². The average molecular weight is 464 g/mol. The fourth-order valence-electron chi connectivity index (χ4n) is 5.76. The van der Waals surface area contributed by atoms with E-state index in [1.165, 1.54) is 0 Å². The molecule has 0 unspecified atom stereocenters. The van der Waals surface area contributed by atoms with Gasteiger partial charge in [-0.3, -0.25) is 9.59 Å². The van der Waals surface area contributed by atoms with Gasteiger partial charge in [0, 0.05) is 46.9 Å². The maximum absolute atomic E-state index is 13.5. The van der Waals surface area contributed by atoms with Crippen molar-refractivity contribution in [3.8, 4) is 5.69 Å². The largest absolute Gasteiger partial charge is 0.362 e. The summed E-state index contributed by atoms with van der Waals surface area (Å²) in [6.45, 7) is 10.4. The standard InChI is InChI=1S/C27H30ClN3O2/c1-15-21(25(28)31(30-15)16-9-7-6-8-10-16)24-22-17(11-26(2,3)13-19(22)32)29-18-12-27(4,5)14-20(33)23(18)24/h6-10,24,29H,11-14H2,1-5H3. The summed E-state index contributed by atoms with van der Waals surface area (Å²) >= 11 is 6.98. The van der Waals surface area contributed by atoms with Crippen molar-refractivity contribution in [1.29, 1.82) is 0 Å². The van der Waals surface area contributed by atoms with Crippen LogP contribution in [-0.4, -0.2) is 21.3 Å². The molecule has 1 aromatic heterocycles. The zero-order valence-corrected chi connectivity index (χ0v) is 20.6. The van der Waals surface area contributed by atoms with Gasteiger partial charge in [0.25, 0.3) is 0 Å². The van der Waals surface area contributed by atoms with E-state index < -0.39 is 5.92 Å². The minimum atomic E-state index is -0.478. The van der Waals surface area contributed by atoms with Gasteiger partial charge in [0.05, 0.1) is 11.4 Å². The monoisotopic (exact) mass is 463 g/mol. The molecule has 0 bridgehead atoms. The van der Waals surface area contributed by atoms with E-state index in [2.05, 4.69) is 33.0 Å². The van der Waals surface area contributed by atoms with Crippen molar-refractivity contribution < 1.29 is 9.59 Å². The van der Waals surface area contributed by atoms with Crippen molar-refractivity contribution >= 4 is 23.2 Å². The van der Waals surface area contributed by atoms with Gasteiger partial charge >= 0.3 is 0 Å². The molecule has 33 heavy (non-hydrogen) atoms. The molecule has 2 heterocycles. The van der Waals surface area contributed by atoms with E-state index in [-0.39, 0.29) is 22.4 Å². The number of carbonyl (C=O) groups excluding carboxylic acids is 2. The number of allylic oxidation sites excluding steroid dienone is 4. The number of aromatic nitrogens is 2. The van der Waals surface area contributed by atoms with Crippen molar-refractivity contribution in [2.75, 3.05) is 0 Å². The van der Waals surface area contributed by atoms with Crippen molar-refractivity contribution in [3.63, 3.8) is 0 Å². The summed E-state index contributed by atoms with van der Waals surface area (Å²) < 4.78 is 1.71. The van der Waals surface area contributed by atoms with Gasteiger partial charge in [-0.05, 0) is 42.7 Å². The predicted molar refractivity (Wildman–Crippen MR) is 129 cm³/mol. The number of benzene rings is 1. The van der Waals surface area contributed by atoms with Crippen LogP contribution in [0.1, 0.15) is 70.6 Å². The van der Waals surface area contributed by atoms with Crippen molar-refractivity contribution in [2.45, 2.75) is 66.2 Å². The molecule has 0 radical (unpaired) electrons. The average Bonchev–Trinajstić information content (AvgIpc) is 2.99. The molecule has 1 aliphatic heterocycles. The predicted octanol–water partition coefficient (Wildman–Crippen LogP) is 5.81. The maximum atomic E-state index is 13.5. The van der Waals surface area contributed by atoms with E-state index in [0.29, 0.717) is 29.1 Å². The summed E-state index contributed by atoms with van der Waals surface area (Å²) in [5.74, 6) is -0.301. The Bertz CT molecular complexity index is 1200. The summed E-state index contributed by atoms with van der Waals surface area (Å²) in [6, 6.07) is 9.72. The number of nitrogens with one attached hydrogen (secondary N) is 1. The molecule has 0 fully saturated rings. The van der Waals surface area contributed by atoms with E-state index in [0.717, 1.165) is 41.2 Å². The van der Waals surface area contributed by atoms with Crippen molar-refractivity contribution in [2.24, 2.45) is 10.8 Å². The van der Waals surface area contributed by atoms with Crippen LogP contribution >= 0.6 is 11.6 Å². The minimum absolute atomic E-state index is 0.0888. The number of dihydropyridines is 1. The number of para-hydroxylation sites is 1. The lowest BCUT2D eigenvalue weighted by molar-refractivity contribution is -0.119. The van der Waals surface area contributed by atoms with Gasteiger partial charge in [-0.1, -0.05) is 57.5 Å². The van der Waals surface area contributed by atoms with Crippen LogP contribution in [0, 0.1) is 17.8 Å². The van der Waals surface area contributed by atoms with Gasteiger partial charge in [-0.25, -0.2) is 4.68 Å². The molecule has 0 saturated carbocycles. The zero-order chi connectivity index (χ0) is 23.7. The molecule has 0 spiro atoms. The van der Waals surface area contributed by atoms with Crippen LogP contribution < -0.4 is 5.32 Å². The first-order valence-electron chi connectivity index (χ1n) is 11.6. The fraction of sp³-hybridized carbons (Fsp3) is 0.444. The van der Waals surface area contributed by atoms with Gasteiger partial charge in [-0.15, -0.1) is 0 Å². The smallest absolute Gasteiger partial charge is 0.162 e. The number of ketones is 2. The molecule has 2 aliphatic carbocycles. The summed E-state index contributed by atoms with van der Waals surface area (Å²) in [6.07, 6.45) is 2.44. The van der Waals surface area contributed by atoms with Gasteiger partial charge in [0.15, 0.2) is 11.6 Å². The molecule has 6 heteroatoms. The second kappa shape index (κ2) is 7.42. The van der Waals surface area contributed by atoms with E-state index in [9.17, 15) is 9.59 Å². The highest BCUT2D eigenvalue weighted by atomic mass is 35.5. The SMILES string of the molecule is Cc1nn(-c2ccccc2)c(Cl)c1C1C2=C(CC(C)(C)CC2=O)NC2=C1C(=O)CC(C)(C)C2. The Labute approximate surface area is 199 Å². The summed E-state index contributed by atoms with van der Waals surface area (Å²) in [5.41, 5.74) is 5.35. The lowest BCUT2D eigenvalue weighted by atomic mass is 9.64. The Morgan fingerprint density at radius 1 is 0.909 bits per heavy atom. The third-order valence-electron chi connectivity index (χ3n) is 7.06. The van der Waals surface area contributed by atoms with E-state index >= 15 is 0 Å². The number of aryl methyl sites for hydroxylation is 1. The third kappa shape index (κ3) is 3.67. The molecule has 5 nitrogen and oxygen atoms in total. The number of carbonyl (C=O) groups is 2. The Balaban J connectivity index is 1.74. The second-order valence-electron chi connectivity index (χ2n) is 11.3. The minimum Gasteiger partial charge on any atom is -0.362 e. The van der Waals surface area contributed by atoms with Crippen LogP contribution in [0.5, 0.6) is 0 Å². The van der Waals surface area contributed by atoms with E-state index in [1.807, 2.05) is 37.3 Å². The maximum Gasteiger partial charge on any atom is 0.162 e. The quantitative estimate of drug-likeness (QED) is 0.610. The number of nitrogens with zero attached hydrogens (tertiary/aromatic N) is 2. The highest BCUT2D eigenvalue weighted by molar-refractivity contribution is 6.31. The van der Waals surface area contributed by atoms with Crippen LogP contribution in [-0.2, 0) is 9.59 Å². The Kier molecular flexibility index (Phi) is 4.98. The second-order valence-corrected chi connectivity index (χ2v) is 11.6. The highest BCUT2D eigenvalue weighted by Crippen LogP contribution is 2.52. The van der Waals surface area contributed by atoms with Gasteiger partial charge in [-0.2, -0.15) is 5.10 Å². The third-order valence-corrected chi connectivity index (χ3v) is 7.42. The number of hydrogen-bond acceptors (Lipinski definition) is 4. The lowest BCUT2D eigenvalue weighted by Gasteiger charge is -2.43. The Morgan fingerprint density at radius 2 is 1.42 bits per heavy atom. The summed E-state index contributed by atoms with van der Waals surface area (Å²) in [7, 11) is 0. The molecule has 172 valence electrons. The summed E-state index contributed by atoms with van der Waals surface area (Å²) in [5, 5.41) is 8.75. The number of rotatable bonds is 2. The first kappa shape index (κ1) is 22.1. The van der Waals surface area contributed by atoms with Gasteiger partial charge in [0.1, 0.15) is 5.15 Å². The molecule has 0 saturated heterocycles. The van der Waals surface area contributed by atoms with Crippen LogP contribution in [0.3, 0.4) is 0 Å². The first-order valence-corrected chi connectivity index (χ1v) is 12.0. The van der Waals surface area contributed by atoms with Crippen molar-refractivity contribution in [1.82, 2.24) is 15.1 Å². The summed E-state index contributed by atoms with van der Waals surface area (Å²) in [4.78, 5) is 27.1. The molecule has 3 aliphatic rings. The zero-order valence-electron chi connectivity index (χ0n) is 19.9. The normalized spacial score (nSPS) is 22.2. The van der Waals surface area contributed by atoms with Gasteiger partial charge in [0.2, 0.25) is 0 Å². The number of Topliss-reactive ketones (excluding diaryl/α,β-unsaturated/α-hetero) is 2. The number of halogens is 1. The molecule has 2 aromatic rings. The Morgan fingerprint density at radius 3 is 1.94 bits per heavy atom. The molecule has 0 amide bonds. The number of hydrogen-bond donors (Lipinski definition) is 1. The van der Waals surface area contributed by atoms with Crippen LogP contribution in [0.2, 0.25) is 5.15 Å².